The van der Waals surface area contributed by atoms with Gasteiger partial charge >= 0.3 is 0 Å². The number of rotatable bonds is 4. The fourth-order valence-corrected chi connectivity index (χ4v) is 4.50. The van der Waals surface area contributed by atoms with Gasteiger partial charge in [0, 0.05) is 11.8 Å². The maximum atomic E-state index is 10.3. The van der Waals surface area contributed by atoms with Crippen LogP contribution in [0.25, 0.3) is 0 Å². The minimum absolute atomic E-state index is 0.186. The number of aliphatic hydroxyl groups is 6. The van der Waals surface area contributed by atoms with E-state index in [4.69, 9.17) is 18.9 Å². The van der Waals surface area contributed by atoms with E-state index < -0.39 is 67.3 Å². The first-order valence-corrected chi connectivity index (χ1v) is 8.49. The third kappa shape index (κ3) is 2.56. The molecule has 1 aliphatic carbocycles. The molecule has 10 heteroatoms. The van der Waals surface area contributed by atoms with Crippen molar-refractivity contribution in [1.29, 1.82) is 0 Å². The highest BCUT2D eigenvalue weighted by atomic mass is 16.8. The molecule has 2 unspecified atom stereocenters. The van der Waals surface area contributed by atoms with Crippen LogP contribution in [0.15, 0.2) is 0 Å². The molecule has 144 valence electrons. The lowest BCUT2D eigenvalue weighted by atomic mass is 9.83. The van der Waals surface area contributed by atoms with Gasteiger partial charge in [0.15, 0.2) is 12.6 Å². The Labute approximate surface area is 143 Å². The molecule has 3 aliphatic heterocycles. The van der Waals surface area contributed by atoms with Gasteiger partial charge in [-0.05, 0) is 6.42 Å². The van der Waals surface area contributed by atoms with Crippen LogP contribution in [0.1, 0.15) is 6.42 Å². The van der Waals surface area contributed by atoms with Crippen LogP contribution >= 0.6 is 0 Å². The number of hydrogen-bond donors (Lipinski definition) is 6. The van der Waals surface area contributed by atoms with Crippen LogP contribution in [-0.2, 0) is 18.9 Å². The highest BCUT2D eigenvalue weighted by molar-refractivity contribution is 5.21. The summed E-state index contributed by atoms with van der Waals surface area (Å²) in [6, 6.07) is 0. The van der Waals surface area contributed by atoms with Gasteiger partial charge in [0.25, 0.3) is 0 Å². The van der Waals surface area contributed by atoms with E-state index in [2.05, 4.69) is 0 Å². The Kier molecular flexibility index (Phi) is 4.56. The average molecular weight is 364 g/mol. The molecule has 0 spiro atoms. The van der Waals surface area contributed by atoms with Gasteiger partial charge in [-0.2, -0.15) is 0 Å². The van der Waals surface area contributed by atoms with E-state index in [0.29, 0.717) is 13.0 Å². The van der Waals surface area contributed by atoms with E-state index in [9.17, 15) is 30.6 Å². The van der Waals surface area contributed by atoms with Crippen LogP contribution in [0.5, 0.6) is 0 Å². The predicted octanol–water partition coefficient (Wildman–Crippen LogP) is -3.71. The number of hydrogen-bond acceptors (Lipinski definition) is 10. The van der Waals surface area contributed by atoms with Gasteiger partial charge in [0.05, 0.1) is 25.9 Å². The fraction of sp³-hybridized carbons (Fsp3) is 1.00. The Morgan fingerprint density at radius 2 is 1.72 bits per heavy atom. The van der Waals surface area contributed by atoms with Crippen LogP contribution in [0.2, 0.25) is 0 Å². The van der Waals surface area contributed by atoms with E-state index in [0.717, 1.165) is 0 Å². The molecular formula is C15H24O10. The standard InChI is InChI=1S/C15H24O10/c16-3-6-9(19)10(20)11(21)14(23-6)24-13-7-5(1-2-22-13)8(18)12-15(7,4-17)25-12/h5-14,16-21H,1-4H2/t5-,6-,7-,8+,9-,10-,11-,12?,13+,14+,15?/m1/s1. The van der Waals surface area contributed by atoms with E-state index >= 15 is 0 Å². The molecule has 3 heterocycles. The quantitative estimate of drug-likeness (QED) is 0.274. The van der Waals surface area contributed by atoms with Gasteiger partial charge in [-0.25, -0.2) is 0 Å². The summed E-state index contributed by atoms with van der Waals surface area (Å²) in [4.78, 5) is 0. The van der Waals surface area contributed by atoms with Crippen molar-refractivity contribution in [2.45, 2.75) is 61.2 Å². The van der Waals surface area contributed by atoms with Crippen LogP contribution < -0.4 is 0 Å². The van der Waals surface area contributed by atoms with Crippen molar-refractivity contribution in [3.63, 3.8) is 0 Å². The Morgan fingerprint density at radius 3 is 2.40 bits per heavy atom. The van der Waals surface area contributed by atoms with Crippen LogP contribution in [0, 0.1) is 11.8 Å². The summed E-state index contributed by atoms with van der Waals surface area (Å²) in [6.45, 7) is -0.546. The van der Waals surface area contributed by atoms with Crippen molar-refractivity contribution < 1.29 is 49.6 Å². The van der Waals surface area contributed by atoms with E-state index in [1.165, 1.54) is 0 Å². The number of aliphatic hydroxyl groups excluding tert-OH is 6. The Hall–Kier alpha value is -0.400. The van der Waals surface area contributed by atoms with E-state index in [-0.39, 0.29) is 12.5 Å². The molecule has 11 atom stereocenters. The van der Waals surface area contributed by atoms with Crippen LogP contribution in [0.3, 0.4) is 0 Å². The Bertz CT molecular complexity index is 503. The van der Waals surface area contributed by atoms with Crippen molar-refractivity contribution in [3.05, 3.63) is 0 Å². The Balaban J connectivity index is 1.52. The molecule has 6 N–H and O–H groups in total. The summed E-state index contributed by atoms with van der Waals surface area (Å²) in [5, 5.41) is 59.1. The van der Waals surface area contributed by atoms with Crippen molar-refractivity contribution >= 4 is 0 Å². The summed E-state index contributed by atoms with van der Waals surface area (Å²) in [6.07, 6.45) is -8.57. The Morgan fingerprint density at radius 1 is 0.960 bits per heavy atom. The lowest BCUT2D eigenvalue weighted by Crippen LogP contribution is -2.61. The zero-order chi connectivity index (χ0) is 17.9. The predicted molar refractivity (Wildman–Crippen MR) is 76.9 cm³/mol. The molecule has 4 aliphatic rings. The van der Waals surface area contributed by atoms with Gasteiger partial charge in [-0.3, -0.25) is 0 Å². The second-order valence-electron chi connectivity index (χ2n) is 7.19. The van der Waals surface area contributed by atoms with Gasteiger partial charge in [-0.15, -0.1) is 0 Å². The lowest BCUT2D eigenvalue weighted by Gasteiger charge is -2.44. The van der Waals surface area contributed by atoms with Gasteiger partial charge in [0.2, 0.25) is 0 Å². The number of epoxide rings is 1. The maximum Gasteiger partial charge on any atom is 0.189 e. The number of ether oxygens (including phenoxy) is 4. The molecule has 0 radical (unpaired) electrons. The average Bonchev–Trinajstić information content (AvgIpc) is 3.31. The van der Waals surface area contributed by atoms with Crippen molar-refractivity contribution in [1.82, 2.24) is 0 Å². The third-order valence-corrected chi connectivity index (χ3v) is 5.94. The molecule has 0 aromatic rings. The molecule has 0 bridgehead atoms. The summed E-state index contributed by atoms with van der Waals surface area (Å²) >= 11 is 0. The van der Waals surface area contributed by atoms with Crippen molar-refractivity contribution in [3.8, 4) is 0 Å². The smallest absolute Gasteiger partial charge is 0.189 e. The van der Waals surface area contributed by atoms with E-state index in [1.54, 1.807) is 0 Å². The zero-order valence-electron chi connectivity index (χ0n) is 13.4. The molecule has 1 saturated carbocycles. The van der Waals surface area contributed by atoms with Crippen LogP contribution in [0.4, 0.5) is 0 Å². The normalized spacial score (nSPS) is 57.8. The minimum atomic E-state index is -1.55. The van der Waals surface area contributed by atoms with Gasteiger partial charge in [-0.1, -0.05) is 0 Å². The summed E-state index contributed by atoms with van der Waals surface area (Å²) < 4.78 is 22.2. The zero-order valence-corrected chi connectivity index (χ0v) is 13.4. The second kappa shape index (κ2) is 6.34. The van der Waals surface area contributed by atoms with Crippen LogP contribution in [-0.4, -0.2) is 105 Å². The molecule has 4 rings (SSSR count). The SMILES string of the molecule is OC[C@H]1O[C@@H](O[C@@H]2OCC[C@@H]3[C@H]2C2(CO)OC2[C@H]3O)[C@H](O)[C@H](O)[C@@H]1O. The third-order valence-electron chi connectivity index (χ3n) is 5.94. The second-order valence-corrected chi connectivity index (χ2v) is 7.19. The largest absolute Gasteiger partial charge is 0.394 e. The van der Waals surface area contributed by atoms with Crippen molar-refractivity contribution in [2.75, 3.05) is 19.8 Å². The molecule has 4 fully saturated rings. The fourth-order valence-electron chi connectivity index (χ4n) is 4.50. The molecular weight excluding hydrogens is 340 g/mol. The lowest BCUT2D eigenvalue weighted by molar-refractivity contribution is -0.356. The topological polar surface area (TPSA) is 162 Å². The first kappa shape index (κ1) is 18.0. The first-order chi connectivity index (χ1) is 11.9. The molecule has 10 nitrogen and oxygen atoms in total. The first-order valence-electron chi connectivity index (χ1n) is 8.49. The molecule has 25 heavy (non-hydrogen) atoms. The maximum absolute atomic E-state index is 10.3. The molecule has 0 aromatic carbocycles. The summed E-state index contributed by atoms with van der Waals surface area (Å²) in [7, 11) is 0. The molecule has 0 amide bonds. The number of fused-ring (bicyclic) bond motifs is 3. The van der Waals surface area contributed by atoms with Gasteiger partial charge < -0.3 is 49.6 Å². The van der Waals surface area contributed by atoms with E-state index in [1.807, 2.05) is 0 Å². The summed E-state index contributed by atoms with van der Waals surface area (Å²) in [5.41, 5.74) is -0.941. The monoisotopic (exact) mass is 364 g/mol. The summed E-state index contributed by atoms with van der Waals surface area (Å²) in [5.74, 6) is -0.645. The van der Waals surface area contributed by atoms with Gasteiger partial charge in [0.1, 0.15) is 36.1 Å². The van der Waals surface area contributed by atoms with Crippen molar-refractivity contribution in [2.24, 2.45) is 11.8 Å². The molecule has 3 saturated heterocycles. The highest BCUT2D eigenvalue weighted by Gasteiger charge is 2.75. The molecule has 0 aromatic heterocycles. The highest BCUT2D eigenvalue weighted by Crippen LogP contribution is 2.60. The minimum Gasteiger partial charge on any atom is -0.394 e.